The average Bonchev–Trinajstić information content (AvgIpc) is 2.78. The molecule has 2 unspecified atom stereocenters. The van der Waals surface area contributed by atoms with E-state index in [1.165, 1.54) is 29.6 Å². The van der Waals surface area contributed by atoms with Crippen LogP contribution in [-0.2, 0) is 13.0 Å². The van der Waals surface area contributed by atoms with E-state index in [1.807, 2.05) is 4.90 Å². The van der Waals surface area contributed by atoms with E-state index in [0.29, 0.717) is 18.2 Å². The summed E-state index contributed by atoms with van der Waals surface area (Å²) >= 11 is 0. The number of halogens is 2. The first-order valence-corrected chi connectivity index (χ1v) is 10.8. The number of aromatic nitrogens is 2. The number of benzene rings is 2. The number of nitrogens with zero attached hydrogens (tertiary/aromatic N) is 4. The Balaban J connectivity index is 1.25. The Morgan fingerprint density at radius 1 is 0.969 bits per heavy atom. The molecule has 1 aromatic heterocycles. The second-order valence-electron chi connectivity index (χ2n) is 8.40. The van der Waals surface area contributed by atoms with Gasteiger partial charge in [0, 0.05) is 50.0 Å². The third-order valence-corrected chi connectivity index (χ3v) is 6.29. The summed E-state index contributed by atoms with van der Waals surface area (Å²) in [5, 5.41) is 13.9. The van der Waals surface area contributed by atoms with E-state index >= 15 is 0 Å². The fourth-order valence-corrected chi connectivity index (χ4v) is 4.72. The van der Waals surface area contributed by atoms with Gasteiger partial charge in [0.2, 0.25) is 0 Å². The van der Waals surface area contributed by atoms with Crippen molar-refractivity contribution in [1.29, 1.82) is 0 Å². The van der Waals surface area contributed by atoms with Gasteiger partial charge >= 0.3 is 0 Å². The first-order chi connectivity index (χ1) is 15.5. The molecule has 6 nitrogen and oxygen atoms in total. The van der Waals surface area contributed by atoms with Crippen LogP contribution in [0.1, 0.15) is 17.5 Å². The molecule has 0 amide bonds. The molecular formula is C24H25F2N5O. The lowest BCUT2D eigenvalue weighted by Crippen LogP contribution is -2.55. The van der Waals surface area contributed by atoms with Gasteiger partial charge in [-0.05, 0) is 36.1 Å². The summed E-state index contributed by atoms with van der Waals surface area (Å²) in [6.07, 6.45) is 2.74. The summed E-state index contributed by atoms with van der Waals surface area (Å²) in [6.45, 7) is 3.03. The van der Waals surface area contributed by atoms with Crippen LogP contribution >= 0.6 is 0 Å². The number of hydrogen-bond acceptors (Lipinski definition) is 6. The number of fused-ring (bicyclic) bond motifs is 1. The fourth-order valence-electron chi connectivity index (χ4n) is 4.72. The molecule has 32 heavy (non-hydrogen) atoms. The van der Waals surface area contributed by atoms with Crippen LogP contribution in [0.15, 0.2) is 54.9 Å². The molecule has 2 aliphatic rings. The molecule has 166 valence electrons. The van der Waals surface area contributed by atoms with Crippen LogP contribution < -0.4 is 10.2 Å². The first kappa shape index (κ1) is 20.8. The Hall–Kier alpha value is -3.10. The molecule has 2 N–H and O–H groups in total. The maximum absolute atomic E-state index is 13.5. The van der Waals surface area contributed by atoms with Gasteiger partial charge in [-0.2, -0.15) is 0 Å². The fraction of sp³-hybridized carbons (Fsp3) is 0.333. The highest BCUT2D eigenvalue weighted by atomic mass is 19.1. The van der Waals surface area contributed by atoms with Gasteiger partial charge in [-0.3, -0.25) is 4.90 Å². The summed E-state index contributed by atoms with van der Waals surface area (Å²) in [5.74, 6) is -0.218. The molecule has 0 saturated carbocycles. The molecule has 3 aromatic rings. The normalized spacial score (nSPS) is 21.3. The zero-order valence-electron chi connectivity index (χ0n) is 17.6. The van der Waals surface area contributed by atoms with E-state index in [-0.39, 0.29) is 11.7 Å². The quantitative estimate of drug-likeness (QED) is 0.652. The number of aliphatic hydroxyl groups excluding tert-OH is 1. The maximum atomic E-state index is 13.5. The summed E-state index contributed by atoms with van der Waals surface area (Å²) < 4.78 is 26.9. The van der Waals surface area contributed by atoms with Gasteiger partial charge in [0.25, 0.3) is 0 Å². The minimum atomic E-state index is -0.660. The van der Waals surface area contributed by atoms with Gasteiger partial charge in [-0.1, -0.05) is 24.3 Å². The smallest absolute Gasteiger partial charge is 0.135 e. The Morgan fingerprint density at radius 3 is 2.53 bits per heavy atom. The van der Waals surface area contributed by atoms with Crippen LogP contribution in [0.5, 0.6) is 0 Å². The Morgan fingerprint density at radius 2 is 1.75 bits per heavy atom. The molecule has 2 aliphatic heterocycles. The Bertz CT molecular complexity index is 1090. The molecule has 1 fully saturated rings. The molecule has 3 heterocycles. The molecular weight excluding hydrogens is 412 g/mol. The number of piperidine rings is 1. The van der Waals surface area contributed by atoms with Gasteiger partial charge in [0.05, 0.1) is 6.10 Å². The van der Waals surface area contributed by atoms with E-state index in [0.717, 1.165) is 38.5 Å². The van der Waals surface area contributed by atoms with E-state index in [9.17, 15) is 13.9 Å². The zero-order valence-corrected chi connectivity index (χ0v) is 17.6. The van der Waals surface area contributed by atoms with Crippen LogP contribution in [0, 0.1) is 11.6 Å². The van der Waals surface area contributed by atoms with Gasteiger partial charge < -0.3 is 15.3 Å². The van der Waals surface area contributed by atoms with Crippen LogP contribution in [0.3, 0.4) is 0 Å². The van der Waals surface area contributed by atoms with Crippen molar-refractivity contribution in [2.75, 3.05) is 29.9 Å². The molecule has 2 atom stereocenters. The van der Waals surface area contributed by atoms with Crippen molar-refractivity contribution in [3.05, 3.63) is 77.6 Å². The summed E-state index contributed by atoms with van der Waals surface area (Å²) in [4.78, 5) is 12.9. The third kappa shape index (κ3) is 4.42. The first-order valence-electron chi connectivity index (χ1n) is 10.8. The van der Waals surface area contributed by atoms with E-state index < -0.39 is 17.7 Å². The SMILES string of the molecule is OC1CN(c2cc(Nc3cc(F)cc(F)c3)ncn2)CCC1N1CCc2ccccc2C1. The van der Waals surface area contributed by atoms with Crippen molar-refractivity contribution in [3.63, 3.8) is 0 Å². The minimum Gasteiger partial charge on any atom is -0.390 e. The van der Waals surface area contributed by atoms with Gasteiger partial charge in [-0.15, -0.1) is 0 Å². The van der Waals surface area contributed by atoms with E-state index in [1.54, 1.807) is 6.07 Å². The van der Waals surface area contributed by atoms with Crippen molar-refractivity contribution < 1.29 is 13.9 Å². The van der Waals surface area contributed by atoms with Crippen LogP contribution in [0.25, 0.3) is 0 Å². The highest BCUT2D eigenvalue weighted by molar-refractivity contribution is 5.59. The van der Waals surface area contributed by atoms with Gasteiger partial charge in [0.15, 0.2) is 0 Å². The minimum absolute atomic E-state index is 0.106. The third-order valence-electron chi connectivity index (χ3n) is 6.29. The number of anilines is 3. The predicted octanol–water partition coefficient (Wildman–Crippen LogP) is 3.50. The number of rotatable bonds is 4. The van der Waals surface area contributed by atoms with Crippen molar-refractivity contribution in [2.45, 2.75) is 31.5 Å². The van der Waals surface area contributed by atoms with Crippen molar-refractivity contribution in [3.8, 4) is 0 Å². The van der Waals surface area contributed by atoms with Gasteiger partial charge in [0.1, 0.15) is 29.6 Å². The largest absolute Gasteiger partial charge is 0.390 e. The van der Waals surface area contributed by atoms with E-state index in [2.05, 4.69) is 44.5 Å². The second kappa shape index (κ2) is 8.80. The van der Waals surface area contributed by atoms with Crippen molar-refractivity contribution in [1.82, 2.24) is 14.9 Å². The lowest BCUT2D eigenvalue weighted by atomic mass is 9.94. The Labute approximate surface area is 185 Å². The Kier molecular flexibility index (Phi) is 5.71. The zero-order chi connectivity index (χ0) is 22.1. The van der Waals surface area contributed by atoms with Crippen LogP contribution in [0.2, 0.25) is 0 Å². The predicted molar refractivity (Wildman–Crippen MR) is 119 cm³/mol. The summed E-state index contributed by atoms with van der Waals surface area (Å²) in [6, 6.07) is 13.6. The number of nitrogens with one attached hydrogen (secondary N) is 1. The maximum Gasteiger partial charge on any atom is 0.135 e. The molecule has 0 radical (unpaired) electrons. The van der Waals surface area contributed by atoms with Gasteiger partial charge in [-0.25, -0.2) is 18.7 Å². The van der Waals surface area contributed by atoms with E-state index in [4.69, 9.17) is 0 Å². The summed E-state index contributed by atoms with van der Waals surface area (Å²) in [5.41, 5.74) is 3.01. The number of hydrogen-bond donors (Lipinski definition) is 2. The molecule has 2 aromatic carbocycles. The number of aliphatic hydroxyl groups is 1. The second-order valence-corrected chi connectivity index (χ2v) is 8.40. The molecule has 0 bridgehead atoms. The van der Waals surface area contributed by atoms with Crippen LogP contribution in [-0.4, -0.2) is 51.8 Å². The molecule has 5 rings (SSSR count). The summed E-state index contributed by atoms with van der Waals surface area (Å²) in [7, 11) is 0. The monoisotopic (exact) mass is 437 g/mol. The highest BCUT2D eigenvalue weighted by Gasteiger charge is 2.34. The molecule has 0 aliphatic carbocycles. The van der Waals surface area contributed by atoms with Crippen molar-refractivity contribution in [2.24, 2.45) is 0 Å². The molecule has 0 spiro atoms. The molecule has 1 saturated heterocycles. The lowest BCUT2D eigenvalue weighted by molar-refractivity contribution is 0.0293. The standard InChI is InChI=1S/C24H25F2N5O/c25-18-9-19(26)11-20(10-18)29-23-12-24(28-15-27-23)31-8-6-21(22(32)14-31)30-7-5-16-3-1-2-4-17(16)13-30/h1-4,9-12,15,21-22,32H,5-8,13-14H2,(H,27,28,29). The lowest BCUT2D eigenvalue weighted by Gasteiger charge is -2.43. The van der Waals surface area contributed by atoms with Crippen molar-refractivity contribution >= 4 is 17.3 Å². The van der Waals surface area contributed by atoms with Crippen LogP contribution in [0.4, 0.5) is 26.1 Å². The highest BCUT2D eigenvalue weighted by Crippen LogP contribution is 2.28. The average molecular weight is 437 g/mol. The topological polar surface area (TPSA) is 64.5 Å². The molecule has 8 heteroatoms. The number of β-amino-alcohol motifs (C(OH)–C–C–N with tert-alkyl or cyclic N) is 1.